The number of nitrogens with zero attached hydrogens (tertiary/aromatic N) is 2. The lowest BCUT2D eigenvalue weighted by molar-refractivity contribution is 0.669. The van der Waals surface area contributed by atoms with Crippen LogP contribution in [0.4, 0.5) is 34.1 Å². The van der Waals surface area contributed by atoms with Gasteiger partial charge in [0, 0.05) is 45.8 Å². The van der Waals surface area contributed by atoms with Crippen LogP contribution in [0, 0.1) is 20.8 Å². The summed E-state index contributed by atoms with van der Waals surface area (Å²) < 4.78 is 7.26. The Hall–Kier alpha value is -7.62. The van der Waals surface area contributed by atoms with Crippen LogP contribution in [0.5, 0.6) is 0 Å². The molecule has 0 fully saturated rings. The van der Waals surface area contributed by atoms with Gasteiger partial charge in [-0.25, -0.2) is 0 Å². The van der Waals surface area contributed by atoms with E-state index >= 15 is 0 Å². The predicted octanol–water partition coefficient (Wildman–Crippen LogP) is 15.7. The average Bonchev–Trinajstić information content (AvgIpc) is 3.93. The first kappa shape index (κ1) is 36.2. The summed E-state index contributed by atoms with van der Waals surface area (Å²) in [6, 6.07) is 73.6. The molecule has 0 bridgehead atoms. The molecule has 12 rings (SSSR count). The Morgan fingerprint density at radius 2 is 1.00 bits per heavy atom. The van der Waals surface area contributed by atoms with Crippen molar-refractivity contribution in [2.45, 2.75) is 32.6 Å². The third kappa shape index (κ3) is 5.31. The van der Waals surface area contributed by atoms with E-state index in [0.29, 0.717) is 0 Å². The summed E-state index contributed by atoms with van der Waals surface area (Å²) >= 11 is 0. The lowest BCUT2D eigenvalue weighted by Gasteiger charge is -2.36. The van der Waals surface area contributed by atoms with Gasteiger partial charge in [-0.3, -0.25) is 0 Å². The highest BCUT2D eigenvalue weighted by Crippen LogP contribution is 2.62. The molecule has 296 valence electrons. The van der Waals surface area contributed by atoms with E-state index in [0.717, 1.165) is 62.4 Å². The lowest BCUT2D eigenvalue weighted by atomic mass is 9.67. The fourth-order valence-electron chi connectivity index (χ4n) is 10.5. The minimum Gasteiger partial charge on any atom is -0.455 e. The van der Waals surface area contributed by atoms with Gasteiger partial charge in [0.2, 0.25) is 0 Å². The highest BCUT2D eigenvalue weighted by atomic mass is 16.3. The number of aryl methyl sites for hydroxylation is 3. The standard InChI is InChI=1S/C59H44N2O/c1-38-19-10-14-28-50(38)60(51-29-15-11-20-39(51)2)44-33-34-45-48(36-44)59(42-23-6-4-7-24-42,43-25-8-5-9-26-43)49-37-54(57-46-27-13-17-32-55(46)62-58(57)56(45)49)61(52-30-16-12-21-40(52)3)53-31-18-22-41-35-47(41)53/h4-34,36-37H,35H2,1-3H3. The van der Waals surface area contributed by atoms with Crippen LogP contribution in [0.2, 0.25) is 0 Å². The molecular formula is C59H44N2O. The third-order valence-corrected chi connectivity index (χ3v) is 13.4. The minimum atomic E-state index is -0.712. The smallest absolute Gasteiger partial charge is 0.145 e. The van der Waals surface area contributed by atoms with Crippen molar-refractivity contribution in [2.24, 2.45) is 0 Å². The van der Waals surface area contributed by atoms with Gasteiger partial charge >= 0.3 is 0 Å². The number of rotatable bonds is 8. The van der Waals surface area contributed by atoms with Crippen LogP contribution < -0.4 is 9.80 Å². The molecule has 3 nitrogen and oxygen atoms in total. The first-order chi connectivity index (χ1) is 30.5. The largest absolute Gasteiger partial charge is 0.455 e. The maximum Gasteiger partial charge on any atom is 0.145 e. The summed E-state index contributed by atoms with van der Waals surface area (Å²) in [5.74, 6) is 0. The molecule has 0 amide bonds. The van der Waals surface area contributed by atoms with Gasteiger partial charge in [-0.1, -0.05) is 152 Å². The zero-order valence-corrected chi connectivity index (χ0v) is 35.1. The number of para-hydroxylation sites is 4. The van der Waals surface area contributed by atoms with E-state index in [1.54, 1.807) is 0 Å². The second kappa shape index (κ2) is 14.0. The van der Waals surface area contributed by atoms with Crippen molar-refractivity contribution in [1.29, 1.82) is 0 Å². The fourth-order valence-corrected chi connectivity index (χ4v) is 10.5. The molecule has 2 aliphatic carbocycles. The number of furan rings is 1. The van der Waals surface area contributed by atoms with Gasteiger partial charge in [0.05, 0.1) is 16.5 Å². The number of benzene rings is 9. The first-order valence-corrected chi connectivity index (χ1v) is 21.6. The molecule has 1 heterocycles. The maximum absolute atomic E-state index is 7.26. The van der Waals surface area contributed by atoms with Crippen LogP contribution in [0.25, 0.3) is 33.1 Å². The van der Waals surface area contributed by atoms with Gasteiger partial charge in [-0.05, 0) is 125 Å². The van der Waals surface area contributed by atoms with E-state index < -0.39 is 5.41 Å². The van der Waals surface area contributed by atoms with Crippen LogP contribution in [0.3, 0.4) is 0 Å². The lowest BCUT2D eigenvalue weighted by Crippen LogP contribution is -2.29. The van der Waals surface area contributed by atoms with E-state index in [1.807, 2.05) is 0 Å². The zero-order chi connectivity index (χ0) is 41.5. The minimum absolute atomic E-state index is 0.712. The normalized spacial score (nSPS) is 13.1. The van der Waals surface area contributed by atoms with E-state index in [2.05, 4.69) is 231 Å². The molecule has 2 aliphatic rings. The Balaban J connectivity index is 1.25. The topological polar surface area (TPSA) is 19.6 Å². The molecule has 3 heteroatoms. The predicted molar refractivity (Wildman–Crippen MR) is 257 cm³/mol. The Labute approximate surface area is 362 Å². The van der Waals surface area contributed by atoms with Crippen LogP contribution in [0.1, 0.15) is 50.1 Å². The van der Waals surface area contributed by atoms with E-state index in [9.17, 15) is 0 Å². The molecule has 0 atom stereocenters. The third-order valence-electron chi connectivity index (χ3n) is 13.4. The van der Waals surface area contributed by atoms with Crippen LogP contribution in [0.15, 0.2) is 205 Å². The summed E-state index contributed by atoms with van der Waals surface area (Å²) in [4.78, 5) is 4.97. The van der Waals surface area contributed by atoms with Gasteiger partial charge in [0.1, 0.15) is 11.2 Å². The Morgan fingerprint density at radius 3 is 1.63 bits per heavy atom. The van der Waals surface area contributed by atoms with Crippen molar-refractivity contribution in [3.8, 4) is 11.1 Å². The summed E-state index contributed by atoms with van der Waals surface area (Å²) in [5.41, 5.74) is 21.6. The molecule has 0 N–H and O–H groups in total. The molecule has 0 aliphatic heterocycles. The summed E-state index contributed by atoms with van der Waals surface area (Å²) in [5, 5.41) is 2.23. The van der Waals surface area contributed by atoms with Crippen molar-refractivity contribution in [2.75, 3.05) is 9.80 Å². The quantitative estimate of drug-likeness (QED) is 0.153. The molecular weight excluding hydrogens is 753 g/mol. The van der Waals surface area contributed by atoms with Crippen LogP contribution in [-0.4, -0.2) is 0 Å². The van der Waals surface area contributed by atoms with E-state index in [-0.39, 0.29) is 0 Å². The molecule has 0 spiro atoms. The van der Waals surface area contributed by atoms with Crippen molar-refractivity contribution in [3.05, 3.63) is 250 Å². The number of anilines is 6. The van der Waals surface area contributed by atoms with Crippen molar-refractivity contribution < 1.29 is 4.42 Å². The highest BCUT2D eigenvalue weighted by molar-refractivity contribution is 6.19. The second-order valence-corrected chi connectivity index (χ2v) is 17.0. The van der Waals surface area contributed by atoms with Gasteiger partial charge in [-0.2, -0.15) is 0 Å². The summed E-state index contributed by atoms with van der Waals surface area (Å²) in [6.07, 6.45) is 0.995. The average molecular weight is 797 g/mol. The van der Waals surface area contributed by atoms with Gasteiger partial charge in [0.15, 0.2) is 0 Å². The number of hydrogen-bond donors (Lipinski definition) is 0. The summed E-state index contributed by atoms with van der Waals surface area (Å²) in [7, 11) is 0. The Bertz CT molecular complexity index is 3280. The van der Waals surface area contributed by atoms with Crippen LogP contribution >= 0.6 is 0 Å². The molecule has 0 radical (unpaired) electrons. The molecule has 62 heavy (non-hydrogen) atoms. The van der Waals surface area contributed by atoms with E-state index in [1.165, 1.54) is 61.3 Å². The monoisotopic (exact) mass is 796 g/mol. The SMILES string of the molecule is Cc1ccccc1N(c1ccc2c(c1)C(c1ccccc1)(c1ccccc1)c1cc(N(c3ccccc3C)c3cccc4c3C4)c3c(oc4ccccc43)c1-2)c1ccccc1C. The number of hydrogen-bond acceptors (Lipinski definition) is 3. The second-order valence-electron chi connectivity index (χ2n) is 17.0. The molecule has 0 saturated heterocycles. The molecule has 10 aromatic rings. The highest BCUT2D eigenvalue weighted by Gasteiger charge is 2.49. The molecule has 0 unspecified atom stereocenters. The van der Waals surface area contributed by atoms with E-state index in [4.69, 9.17) is 4.42 Å². The maximum atomic E-state index is 7.26. The molecule has 9 aromatic carbocycles. The Kier molecular flexibility index (Phi) is 8.17. The zero-order valence-electron chi connectivity index (χ0n) is 35.1. The Morgan fingerprint density at radius 1 is 0.452 bits per heavy atom. The van der Waals surface area contributed by atoms with Crippen molar-refractivity contribution in [1.82, 2.24) is 0 Å². The molecule has 1 aromatic heterocycles. The van der Waals surface area contributed by atoms with Gasteiger partial charge in [-0.15, -0.1) is 0 Å². The fraction of sp³-hybridized carbons (Fsp3) is 0.0847. The van der Waals surface area contributed by atoms with Crippen molar-refractivity contribution in [3.63, 3.8) is 0 Å². The van der Waals surface area contributed by atoms with Gasteiger partial charge in [0.25, 0.3) is 0 Å². The first-order valence-electron chi connectivity index (χ1n) is 21.6. The van der Waals surface area contributed by atoms with Crippen molar-refractivity contribution >= 4 is 56.1 Å². The molecule has 0 saturated carbocycles. The van der Waals surface area contributed by atoms with Gasteiger partial charge < -0.3 is 14.2 Å². The number of fused-ring (bicyclic) bond motifs is 8. The van der Waals surface area contributed by atoms with Crippen LogP contribution in [-0.2, 0) is 11.8 Å². The summed E-state index contributed by atoms with van der Waals surface area (Å²) in [6.45, 7) is 6.65.